The molecule has 0 saturated heterocycles. The van der Waals surface area contributed by atoms with Crippen molar-refractivity contribution in [2.45, 2.75) is 12.8 Å². The normalized spacial score (nSPS) is 10.8. The first-order valence-corrected chi connectivity index (χ1v) is 5.48. The van der Waals surface area contributed by atoms with Gasteiger partial charge in [-0.3, -0.25) is 0 Å². The van der Waals surface area contributed by atoms with Crippen molar-refractivity contribution >= 4 is 21.9 Å². The third-order valence-electron chi connectivity index (χ3n) is 1.97. The van der Waals surface area contributed by atoms with Crippen LogP contribution in [0, 0.1) is 11.3 Å². The van der Waals surface area contributed by atoms with E-state index in [9.17, 15) is 13.6 Å². The van der Waals surface area contributed by atoms with Crippen LogP contribution < -0.4 is 0 Å². The molecule has 6 heteroatoms. The molecule has 0 heterocycles. The highest BCUT2D eigenvalue weighted by molar-refractivity contribution is 9.10. The molecule has 0 saturated carbocycles. The highest BCUT2D eigenvalue weighted by atomic mass is 79.9. The summed E-state index contributed by atoms with van der Waals surface area (Å²) in [5.74, 6) is -5.49. The first-order valence-electron chi connectivity index (χ1n) is 4.68. The van der Waals surface area contributed by atoms with Gasteiger partial charge in [-0.15, -0.1) is 0 Å². The fourth-order valence-corrected chi connectivity index (χ4v) is 1.57. The lowest BCUT2D eigenvalue weighted by molar-refractivity contribution is -0.173. The summed E-state index contributed by atoms with van der Waals surface area (Å²) in [7, 11) is 0. The third-order valence-corrected chi connectivity index (χ3v) is 2.47. The van der Waals surface area contributed by atoms with Crippen molar-refractivity contribution in [3.8, 4) is 6.07 Å². The number of ether oxygens (including phenoxy) is 1. The lowest BCUT2D eigenvalue weighted by Gasteiger charge is -2.16. The molecule has 0 radical (unpaired) electrons. The summed E-state index contributed by atoms with van der Waals surface area (Å²) in [5.41, 5.74) is -0.918. The van der Waals surface area contributed by atoms with Gasteiger partial charge in [0.1, 0.15) is 0 Å². The minimum absolute atomic E-state index is 0.148. The summed E-state index contributed by atoms with van der Waals surface area (Å²) >= 11 is 3.01. The van der Waals surface area contributed by atoms with Crippen LogP contribution in [0.5, 0.6) is 0 Å². The van der Waals surface area contributed by atoms with Crippen LogP contribution in [0.2, 0.25) is 0 Å². The Morgan fingerprint density at radius 1 is 1.59 bits per heavy atom. The zero-order valence-electron chi connectivity index (χ0n) is 8.84. The molecule has 0 atom stereocenters. The molecule has 1 aromatic carbocycles. The Balaban J connectivity index is 3.27. The van der Waals surface area contributed by atoms with Gasteiger partial charge >= 0.3 is 11.9 Å². The molecule has 0 unspecified atom stereocenters. The van der Waals surface area contributed by atoms with Crippen molar-refractivity contribution in [1.82, 2.24) is 0 Å². The number of halogens is 3. The topological polar surface area (TPSA) is 50.1 Å². The van der Waals surface area contributed by atoms with E-state index >= 15 is 0 Å². The van der Waals surface area contributed by atoms with Crippen molar-refractivity contribution in [2.24, 2.45) is 0 Å². The summed E-state index contributed by atoms with van der Waals surface area (Å²) in [6, 6.07) is 5.32. The Hall–Kier alpha value is -1.48. The molecule has 0 aromatic heterocycles. The highest BCUT2D eigenvalue weighted by Gasteiger charge is 2.44. The number of carbonyl (C=O) groups excluding carboxylic acids is 1. The molecule has 0 N–H and O–H groups in total. The standard InChI is InChI=1S/C11H8BrF2NO2/c1-2-17-10(16)11(13,14)9-5-8(12)4-3-7(9)6-15/h3-5H,2H2,1H3. The number of alkyl halides is 2. The average Bonchev–Trinajstić information content (AvgIpc) is 2.29. The van der Waals surface area contributed by atoms with Crippen molar-refractivity contribution in [1.29, 1.82) is 5.26 Å². The van der Waals surface area contributed by atoms with Crippen LogP contribution in [-0.2, 0) is 15.5 Å². The molecule has 1 rings (SSSR count). The number of esters is 1. The molecular formula is C11H8BrF2NO2. The van der Waals surface area contributed by atoms with Crippen LogP contribution >= 0.6 is 15.9 Å². The van der Waals surface area contributed by atoms with Gasteiger partial charge < -0.3 is 4.74 Å². The van der Waals surface area contributed by atoms with E-state index in [4.69, 9.17) is 5.26 Å². The second-order valence-corrected chi connectivity index (χ2v) is 4.01. The van der Waals surface area contributed by atoms with Crippen LogP contribution in [0.15, 0.2) is 22.7 Å². The second-order valence-electron chi connectivity index (χ2n) is 3.10. The van der Waals surface area contributed by atoms with Gasteiger partial charge in [0.2, 0.25) is 0 Å². The van der Waals surface area contributed by atoms with Crippen molar-refractivity contribution in [3.63, 3.8) is 0 Å². The first-order chi connectivity index (χ1) is 7.93. The molecule has 3 nitrogen and oxygen atoms in total. The van der Waals surface area contributed by atoms with Gasteiger partial charge in [0.05, 0.1) is 23.8 Å². The maximum Gasteiger partial charge on any atom is 0.382 e. The lowest BCUT2D eigenvalue weighted by atomic mass is 10.0. The summed E-state index contributed by atoms with van der Waals surface area (Å²) in [4.78, 5) is 11.1. The van der Waals surface area contributed by atoms with Gasteiger partial charge in [0.25, 0.3) is 0 Å². The van der Waals surface area contributed by atoms with Gasteiger partial charge in [-0.1, -0.05) is 15.9 Å². The monoisotopic (exact) mass is 303 g/mol. The molecule has 0 fully saturated rings. The summed E-state index contributed by atoms with van der Waals surface area (Å²) in [5, 5.41) is 8.73. The maximum atomic E-state index is 13.7. The Bertz CT molecular complexity index is 483. The van der Waals surface area contributed by atoms with E-state index in [0.717, 1.165) is 6.07 Å². The minimum atomic E-state index is -3.83. The predicted octanol–water partition coefficient (Wildman–Crippen LogP) is 2.98. The average molecular weight is 304 g/mol. The molecule has 90 valence electrons. The second kappa shape index (κ2) is 5.23. The van der Waals surface area contributed by atoms with E-state index in [1.54, 1.807) is 6.07 Å². The van der Waals surface area contributed by atoms with E-state index in [1.807, 2.05) is 0 Å². The number of hydrogen-bond acceptors (Lipinski definition) is 3. The van der Waals surface area contributed by atoms with Gasteiger partial charge in [0.15, 0.2) is 0 Å². The zero-order chi connectivity index (χ0) is 13.1. The predicted molar refractivity (Wildman–Crippen MR) is 59.4 cm³/mol. The third kappa shape index (κ3) is 2.80. The first kappa shape index (κ1) is 13.6. The molecule has 0 spiro atoms. The molecular weight excluding hydrogens is 296 g/mol. The van der Waals surface area contributed by atoms with E-state index in [1.165, 1.54) is 19.1 Å². The number of nitrogens with zero attached hydrogens (tertiary/aromatic N) is 1. The minimum Gasteiger partial charge on any atom is -0.461 e. The Kier molecular flexibility index (Phi) is 4.18. The SMILES string of the molecule is CCOC(=O)C(F)(F)c1cc(Br)ccc1C#N. The highest BCUT2D eigenvalue weighted by Crippen LogP contribution is 2.33. The quantitative estimate of drug-likeness (QED) is 0.807. The smallest absolute Gasteiger partial charge is 0.382 e. The lowest BCUT2D eigenvalue weighted by Crippen LogP contribution is -2.29. The van der Waals surface area contributed by atoms with Crippen LogP contribution in [-0.4, -0.2) is 12.6 Å². The largest absolute Gasteiger partial charge is 0.461 e. The molecule has 0 aliphatic rings. The van der Waals surface area contributed by atoms with Gasteiger partial charge in [-0.25, -0.2) is 4.79 Å². The van der Waals surface area contributed by atoms with Gasteiger partial charge in [-0.05, 0) is 25.1 Å². The number of carbonyl (C=O) groups is 1. The molecule has 0 aliphatic heterocycles. The molecule has 17 heavy (non-hydrogen) atoms. The zero-order valence-corrected chi connectivity index (χ0v) is 10.4. The molecule has 0 aliphatic carbocycles. The summed E-state index contributed by atoms with van der Waals surface area (Å²) < 4.78 is 32.1. The summed E-state index contributed by atoms with van der Waals surface area (Å²) in [6.45, 7) is 1.28. The van der Waals surface area contributed by atoms with Gasteiger partial charge in [0, 0.05) is 4.47 Å². The molecule has 0 bridgehead atoms. The van der Waals surface area contributed by atoms with Crippen LogP contribution in [0.1, 0.15) is 18.1 Å². The van der Waals surface area contributed by atoms with Crippen molar-refractivity contribution in [3.05, 3.63) is 33.8 Å². The molecule has 0 amide bonds. The Labute approximate surface area is 105 Å². The van der Waals surface area contributed by atoms with Crippen LogP contribution in [0.25, 0.3) is 0 Å². The van der Waals surface area contributed by atoms with Crippen LogP contribution in [0.3, 0.4) is 0 Å². The Morgan fingerprint density at radius 2 is 2.24 bits per heavy atom. The number of hydrogen-bond donors (Lipinski definition) is 0. The van der Waals surface area contributed by atoms with E-state index in [-0.39, 0.29) is 12.2 Å². The number of nitriles is 1. The number of benzene rings is 1. The van der Waals surface area contributed by atoms with Crippen LogP contribution in [0.4, 0.5) is 8.78 Å². The fourth-order valence-electron chi connectivity index (χ4n) is 1.21. The molecule has 1 aromatic rings. The van der Waals surface area contributed by atoms with E-state index < -0.39 is 17.5 Å². The fraction of sp³-hybridized carbons (Fsp3) is 0.273. The maximum absolute atomic E-state index is 13.7. The van der Waals surface area contributed by atoms with E-state index in [2.05, 4.69) is 20.7 Å². The van der Waals surface area contributed by atoms with Crippen molar-refractivity contribution < 1.29 is 18.3 Å². The van der Waals surface area contributed by atoms with Crippen molar-refractivity contribution in [2.75, 3.05) is 6.61 Å². The summed E-state index contributed by atoms with van der Waals surface area (Å²) in [6.07, 6.45) is 0. The number of rotatable bonds is 3. The van der Waals surface area contributed by atoms with Gasteiger partial charge in [-0.2, -0.15) is 14.0 Å². The Morgan fingerprint density at radius 3 is 2.76 bits per heavy atom. The van der Waals surface area contributed by atoms with E-state index in [0.29, 0.717) is 4.47 Å².